The van der Waals surface area contributed by atoms with E-state index in [9.17, 15) is 28.8 Å². The van der Waals surface area contributed by atoms with E-state index in [0.717, 1.165) is 61.4 Å². The minimum absolute atomic E-state index is 0.0529. The van der Waals surface area contributed by atoms with Crippen LogP contribution in [-0.2, 0) is 14.4 Å². The first-order chi connectivity index (χ1) is 29.8. The van der Waals surface area contributed by atoms with Crippen LogP contribution in [0.25, 0.3) is 10.9 Å². The van der Waals surface area contributed by atoms with Crippen molar-refractivity contribution in [1.82, 2.24) is 35.0 Å². The number of carbonyl (C=O) groups is 5. The van der Waals surface area contributed by atoms with Crippen LogP contribution in [0.5, 0.6) is 11.5 Å². The third kappa shape index (κ3) is 8.35. The maximum absolute atomic E-state index is 13.8. The van der Waals surface area contributed by atoms with Gasteiger partial charge in [-0.2, -0.15) is 4.98 Å². The third-order valence-electron chi connectivity index (χ3n) is 12.0. The number of nitrogens with zero attached hydrogens (tertiary/aromatic N) is 7. The van der Waals surface area contributed by atoms with Gasteiger partial charge >= 0.3 is 0 Å². The first-order valence-corrected chi connectivity index (χ1v) is 21.2. The highest BCUT2D eigenvalue weighted by Gasteiger charge is 2.47. The second kappa shape index (κ2) is 17.6. The molecule has 2 aromatic heterocycles. The maximum Gasteiger partial charge on any atom is 0.293 e. The molecule has 326 valence electrons. The lowest BCUT2D eigenvalue weighted by Crippen LogP contribution is -2.54. The van der Waals surface area contributed by atoms with Crippen molar-refractivity contribution in [2.45, 2.75) is 51.6 Å². The van der Waals surface area contributed by atoms with Crippen molar-refractivity contribution >= 4 is 75.2 Å². The first kappa shape index (κ1) is 42.4. The van der Waals surface area contributed by atoms with E-state index in [1.807, 2.05) is 32.0 Å². The van der Waals surface area contributed by atoms with Crippen molar-refractivity contribution in [1.29, 1.82) is 0 Å². The Morgan fingerprint density at radius 1 is 0.952 bits per heavy atom. The number of amides is 5. The summed E-state index contributed by atoms with van der Waals surface area (Å²) in [6.45, 7) is 8.89. The molecule has 4 aromatic rings. The van der Waals surface area contributed by atoms with Crippen LogP contribution < -0.4 is 40.8 Å². The number of halogens is 1. The molecule has 0 bridgehead atoms. The molecule has 18 nitrogen and oxygen atoms in total. The number of hydrogen-bond donors (Lipinski definition) is 3. The number of piperazine rings is 1. The summed E-state index contributed by atoms with van der Waals surface area (Å²) < 4.78 is 12.8. The summed E-state index contributed by atoms with van der Waals surface area (Å²) in [5.74, 6) is -0.548. The third-order valence-corrected chi connectivity index (χ3v) is 12.3. The quantitative estimate of drug-likeness (QED) is 0.175. The van der Waals surface area contributed by atoms with Crippen molar-refractivity contribution in [3.63, 3.8) is 0 Å². The standard InChI is InChI=1S/C43H49ClN10O8/c1-24(2)53-31-6-5-27(17-26(31)18-34(41(53)59)62-23-36(56)45-3)47-38-30(44)21-46-43(49-38)52-15-13-50(14-16-52)22-25-9-11-51(12-10-25)33-20-28(61-4)19-29-37(33)42(60)54(40(29)58)32-7-8-35(55)48-39(32)57/h5-6,17-21,24-25,32H,7-16,22-23H2,1-4H3,(H,45,56)(H,46,47,49)(H,48,55,57). The Bertz CT molecular complexity index is 2510. The summed E-state index contributed by atoms with van der Waals surface area (Å²) >= 11 is 6.60. The van der Waals surface area contributed by atoms with E-state index in [1.165, 1.54) is 14.2 Å². The van der Waals surface area contributed by atoms with Crippen molar-refractivity contribution in [3.8, 4) is 11.5 Å². The topological polar surface area (TPSA) is 201 Å². The molecule has 0 saturated carbocycles. The van der Waals surface area contributed by atoms with Gasteiger partial charge in [0.2, 0.25) is 17.8 Å². The Kier molecular flexibility index (Phi) is 12.0. The van der Waals surface area contributed by atoms with Crippen LogP contribution in [-0.4, -0.2) is 126 Å². The number of aromatic nitrogens is 3. The number of anilines is 4. The fourth-order valence-corrected chi connectivity index (χ4v) is 8.87. The Morgan fingerprint density at radius 3 is 2.40 bits per heavy atom. The smallest absolute Gasteiger partial charge is 0.293 e. The van der Waals surface area contributed by atoms with Gasteiger partial charge in [0.1, 0.15) is 16.8 Å². The van der Waals surface area contributed by atoms with Crippen LogP contribution >= 0.6 is 11.6 Å². The number of likely N-dealkylation sites (N-methyl/N-ethyl adjacent to an activating group) is 1. The molecule has 2 aromatic carbocycles. The summed E-state index contributed by atoms with van der Waals surface area (Å²) in [7, 11) is 3.02. The summed E-state index contributed by atoms with van der Waals surface area (Å²) in [5.41, 5.74) is 2.18. The molecule has 6 heterocycles. The summed E-state index contributed by atoms with van der Waals surface area (Å²) in [6.07, 6.45) is 3.50. The van der Waals surface area contributed by atoms with Gasteiger partial charge < -0.3 is 34.5 Å². The minimum atomic E-state index is -1.04. The zero-order chi connectivity index (χ0) is 43.8. The second-order valence-electron chi connectivity index (χ2n) is 16.2. The summed E-state index contributed by atoms with van der Waals surface area (Å²) in [6, 6.07) is 9.36. The number of rotatable bonds is 12. The minimum Gasteiger partial charge on any atom is -0.497 e. The van der Waals surface area contributed by atoms with Gasteiger partial charge in [-0.15, -0.1) is 0 Å². The number of carbonyl (C=O) groups excluding carboxylic acids is 5. The number of imide groups is 2. The van der Waals surface area contributed by atoms with Gasteiger partial charge in [0, 0.05) is 82.5 Å². The zero-order valence-electron chi connectivity index (χ0n) is 35.0. The normalized spacial score (nSPS) is 18.7. The first-order valence-electron chi connectivity index (χ1n) is 20.8. The number of nitrogens with one attached hydrogen (secondary N) is 3. The highest BCUT2D eigenvalue weighted by molar-refractivity contribution is 6.33. The van der Waals surface area contributed by atoms with E-state index in [2.05, 4.69) is 35.6 Å². The van der Waals surface area contributed by atoms with Gasteiger partial charge in [0.25, 0.3) is 23.3 Å². The Labute approximate surface area is 362 Å². The molecule has 1 atom stereocenters. The van der Waals surface area contributed by atoms with Gasteiger partial charge in [0.05, 0.1) is 35.6 Å². The molecule has 3 saturated heterocycles. The molecule has 3 N–H and O–H groups in total. The van der Waals surface area contributed by atoms with Gasteiger partial charge in [-0.25, -0.2) is 4.98 Å². The van der Waals surface area contributed by atoms with Gasteiger partial charge in [-0.1, -0.05) is 11.6 Å². The number of piperidine rings is 2. The van der Waals surface area contributed by atoms with E-state index in [-0.39, 0.29) is 53.8 Å². The lowest BCUT2D eigenvalue weighted by molar-refractivity contribution is -0.136. The molecule has 4 aliphatic rings. The zero-order valence-corrected chi connectivity index (χ0v) is 35.8. The Balaban J connectivity index is 0.885. The number of pyridine rings is 1. The van der Waals surface area contributed by atoms with Crippen LogP contribution in [0, 0.1) is 5.92 Å². The lowest BCUT2D eigenvalue weighted by atomic mass is 9.94. The van der Waals surface area contributed by atoms with Crippen molar-refractivity contribution in [2.75, 3.05) is 81.7 Å². The Hall–Kier alpha value is -6.27. The van der Waals surface area contributed by atoms with Crippen molar-refractivity contribution < 1.29 is 33.4 Å². The molecular weight excluding hydrogens is 820 g/mol. The molecular formula is C43H49ClN10O8. The van der Waals surface area contributed by atoms with E-state index in [0.29, 0.717) is 52.9 Å². The largest absolute Gasteiger partial charge is 0.497 e. The SMILES string of the molecule is CNC(=O)COc1cc2cc(Nc3nc(N4CCN(CC5CCN(c6cc(OC)cc7c6C(=O)N(C6CCC(=O)NC6=O)C7=O)CC5)CC4)ncc3Cl)ccc2n(C(C)C)c1=O. The van der Waals surface area contributed by atoms with E-state index in [1.54, 1.807) is 29.0 Å². The van der Waals surface area contributed by atoms with Crippen LogP contribution in [0.4, 0.5) is 23.1 Å². The number of methoxy groups -OCH3 is 1. The average Bonchev–Trinajstić information content (AvgIpc) is 3.51. The van der Waals surface area contributed by atoms with Crippen molar-refractivity contribution in [3.05, 3.63) is 69.1 Å². The Morgan fingerprint density at radius 2 is 1.71 bits per heavy atom. The molecule has 62 heavy (non-hydrogen) atoms. The van der Waals surface area contributed by atoms with Crippen molar-refractivity contribution in [2.24, 2.45) is 5.92 Å². The van der Waals surface area contributed by atoms with E-state index < -0.39 is 29.7 Å². The van der Waals surface area contributed by atoms with Gasteiger partial charge in [-0.05, 0) is 69.4 Å². The molecule has 3 fully saturated rings. The number of hydrogen-bond acceptors (Lipinski definition) is 14. The number of fused-ring (bicyclic) bond motifs is 2. The molecule has 0 radical (unpaired) electrons. The molecule has 4 aliphatic heterocycles. The summed E-state index contributed by atoms with van der Waals surface area (Å²) in [4.78, 5) is 94.0. The molecule has 0 spiro atoms. The van der Waals surface area contributed by atoms with Crippen LogP contribution in [0.15, 0.2) is 47.4 Å². The number of benzene rings is 2. The van der Waals surface area contributed by atoms with Crippen LogP contribution in [0.1, 0.15) is 66.3 Å². The predicted molar refractivity (Wildman–Crippen MR) is 232 cm³/mol. The van der Waals surface area contributed by atoms with Gasteiger partial charge in [0.15, 0.2) is 18.2 Å². The molecule has 1 unspecified atom stereocenters. The highest BCUT2D eigenvalue weighted by Crippen LogP contribution is 2.39. The van der Waals surface area contributed by atoms with E-state index in [4.69, 9.17) is 26.1 Å². The maximum atomic E-state index is 13.8. The molecule has 0 aliphatic carbocycles. The lowest BCUT2D eigenvalue weighted by Gasteiger charge is -2.39. The van der Waals surface area contributed by atoms with Crippen LogP contribution in [0.2, 0.25) is 5.02 Å². The number of ether oxygens (including phenoxy) is 2. The molecule has 5 amide bonds. The van der Waals surface area contributed by atoms with Crippen LogP contribution in [0.3, 0.4) is 0 Å². The summed E-state index contributed by atoms with van der Waals surface area (Å²) in [5, 5.41) is 9.15. The highest BCUT2D eigenvalue weighted by atomic mass is 35.5. The second-order valence-corrected chi connectivity index (χ2v) is 16.6. The molecule has 19 heteroatoms. The fourth-order valence-electron chi connectivity index (χ4n) is 8.73. The van der Waals surface area contributed by atoms with E-state index >= 15 is 0 Å². The average molecular weight is 869 g/mol. The van der Waals surface area contributed by atoms with Gasteiger partial charge in [-0.3, -0.25) is 43.9 Å². The fraction of sp³-hybridized carbons (Fsp3) is 0.442. The monoisotopic (exact) mass is 868 g/mol. The molecule has 8 rings (SSSR count). The predicted octanol–water partition coefficient (Wildman–Crippen LogP) is 3.34.